The van der Waals surface area contributed by atoms with Gasteiger partial charge < -0.3 is 0 Å². The second-order valence-corrected chi connectivity index (χ2v) is 8.65. The zero-order valence-corrected chi connectivity index (χ0v) is 13.6. The molecule has 3 aromatic heterocycles. The lowest BCUT2D eigenvalue weighted by atomic mass is 10.4. The van der Waals surface area contributed by atoms with Crippen LogP contribution in [-0.2, 0) is 15.6 Å². The first kappa shape index (κ1) is 14.0. The van der Waals surface area contributed by atoms with Crippen molar-refractivity contribution in [2.75, 3.05) is 0 Å². The van der Waals surface area contributed by atoms with Gasteiger partial charge in [0.1, 0.15) is 0 Å². The minimum atomic E-state index is -3.89. The van der Waals surface area contributed by atoms with Gasteiger partial charge in [-0.2, -0.15) is 0 Å². The van der Waals surface area contributed by atoms with Crippen LogP contribution in [0.2, 0.25) is 0 Å². The van der Waals surface area contributed by atoms with Gasteiger partial charge in [0, 0.05) is 26.6 Å². The quantitative estimate of drug-likeness (QED) is 0.677. The molecule has 9 heteroatoms. The first-order chi connectivity index (χ1) is 9.50. The van der Waals surface area contributed by atoms with Crippen molar-refractivity contribution in [2.24, 2.45) is 0 Å². The van der Waals surface area contributed by atoms with Gasteiger partial charge in [0.05, 0.1) is 4.88 Å². The Balaban J connectivity index is 2.18. The molecule has 0 radical (unpaired) electrons. The first-order valence-electron chi connectivity index (χ1n) is 5.86. The van der Waals surface area contributed by atoms with E-state index >= 15 is 0 Å². The van der Waals surface area contributed by atoms with E-state index in [1.54, 1.807) is 27.2 Å². The Labute approximate surface area is 128 Å². The fraction of sp³-hybridized carbons (Fsp3) is 0.273. The molecule has 0 bridgehead atoms. The minimum Gasteiger partial charge on any atom is -0.296 e. The van der Waals surface area contributed by atoms with Crippen LogP contribution >= 0.6 is 33.4 Å². The van der Waals surface area contributed by atoms with E-state index in [-0.39, 0.29) is 5.16 Å². The SMILES string of the molecule is CCCn1c(-c2cc3sccc3s2)nnc1S(=O)(=O)Cl. The Bertz CT molecular complexity index is 834. The molecule has 0 aliphatic heterocycles. The highest BCUT2D eigenvalue weighted by Gasteiger charge is 2.23. The highest BCUT2D eigenvalue weighted by molar-refractivity contribution is 8.13. The molecule has 0 spiro atoms. The Morgan fingerprint density at radius 3 is 2.80 bits per heavy atom. The van der Waals surface area contributed by atoms with E-state index in [1.807, 2.05) is 24.4 Å². The van der Waals surface area contributed by atoms with Crippen LogP contribution in [-0.4, -0.2) is 23.2 Å². The smallest absolute Gasteiger partial charge is 0.296 e. The molecule has 0 N–H and O–H groups in total. The van der Waals surface area contributed by atoms with Crippen LogP contribution in [0.1, 0.15) is 13.3 Å². The molecule has 5 nitrogen and oxygen atoms in total. The molecule has 0 fully saturated rings. The number of hydrogen-bond acceptors (Lipinski definition) is 6. The maximum absolute atomic E-state index is 11.5. The summed E-state index contributed by atoms with van der Waals surface area (Å²) >= 11 is 3.21. The molecule has 0 aliphatic carbocycles. The van der Waals surface area contributed by atoms with Gasteiger partial charge in [-0.1, -0.05) is 6.92 Å². The third-order valence-electron chi connectivity index (χ3n) is 2.74. The van der Waals surface area contributed by atoms with E-state index in [4.69, 9.17) is 10.7 Å². The Kier molecular flexibility index (Phi) is 3.57. The first-order valence-corrected chi connectivity index (χ1v) is 9.86. The standard InChI is InChI=1S/C11H10ClN3O2S3/c1-2-4-15-10(13-14-11(15)20(12,16)17)9-6-8-7(19-9)3-5-18-8/h3,5-6H,2,4H2,1H3. The van der Waals surface area contributed by atoms with Crippen molar-refractivity contribution in [1.29, 1.82) is 0 Å². The summed E-state index contributed by atoms with van der Waals surface area (Å²) in [5.74, 6) is 0.555. The van der Waals surface area contributed by atoms with Crippen LogP contribution < -0.4 is 0 Å². The zero-order valence-electron chi connectivity index (χ0n) is 10.4. The van der Waals surface area contributed by atoms with Gasteiger partial charge in [0.15, 0.2) is 5.82 Å². The fourth-order valence-corrected chi connectivity index (χ4v) is 4.98. The van der Waals surface area contributed by atoms with Crippen molar-refractivity contribution < 1.29 is 8.42 Å². The topological polar surface area (TPSA) is 64.8 Å². The number of hydrogen-bond donors (Lipinski definition) is 0. The van der Waals surface area contributed by atoms with Crippen LogP contribution in [0.5, 0.6) is 0 Å². The molecular formula is C11H10ClN3O2S3. The second-order valence-electron chi connectivity index (χ2n) is 4.16. The maximum atomic E-state index is 11.5. The normalized spacial score (nSPS) is 12.3. The number of thiophene rings is 2. The molecule has 106 valence electrons. The molecule has 0 aliphatic rings. The summed E-state index contributed by atoms with van der Waals surface area (Å²) in [6.07, 6.45) is 0.768. The van der Waals surface area contributed by atoms with Crippen LogP contribution in [0, 0.1) is 0 Å². The molecule has 3 aromatic rings. The lowest BCUT2D eigenvalue weighted by molar-refractivity contribution is 0.570. The highest BCUT2D eigenvalue weighted by Crippen LogP contribution is 2.36. The number of aromatic nitrogens is 3. The van der Waals surface area contributed by atoms with Crippen molar-refractivity contribution in [3.63, 3.8) is 0 Å². The minimum absolute atomic E-state index is 0.187. The molecule has 0 unspecified atom stereocenters. The number of nitrogens with zero attached hydrogens (tertiary/aromatic N) is 3. The summed E-state index contributed by atoms with van der Waals surface area (Å²) in [6, 6.07) is 4.04. The predicted molar refractivity (Wildman–Crippen MR) is 82.0 cm³/mol. The lowest BCUT2D eigenvalue weighted by Crippen LogP contribution is -2.07. The summed E-state index contributed by atoms with van der Waals surface area (Å²) in [5, 5.41) is 9.59. The second kappa shape index (κ2) is 5.10. The van der Waals surface area contributed by atoms with E-state index in [0.717, 1.165) is 20.7 Å². The van der Waals surface area contributed by atoms with E-state index < -0.39 is 9.05 Å². The van der Waals surface area contributed by atoms with Crippen LogP contribution in [0.3, 0.4) is 0 Å². The molecule has 0 aromatic carbocycles. The van der Waals surface area contributed by atoms with Crippen molar-refractivity contribution >= 4 is 51.8 Å². The van der Waals surface area contributed by atoms with Crippen LogP contribution in [0.4, 0.5) is 0 Å². The number of rotatable bonds is 4. The summed E-state index contributed by atoms with van der Waals surface area (Å²) in [7, 11) is 1.52. The summed E-state index contributed by atoms with van der Waals surface area (Å²) in [5.41, 5.74) is 0. The third kappa shape index (κ3) is 2.37. The van der Waals surface area contributed by atoms with Gasteiger partial charge >= 0.3 is 0 Å². The maximum Gasteiger partial charge on any atom is 0.296 e. The third-order valence-corrected chi connectivity index (χ3v) is 5.98. The molecule has 3 rings (SSSR count). The van der Waals surface area contributed by atoms with Crippen molar-refractivity contribution in [3.8, 4) is 10.7 Å². The predicted octanol–water partition coefficient (Wildman–Crippen LogP) is 3.56. The Morgan fingerprint density at radius 1 is 1.35 bits per heavy atom. The Hall–Kier alpha value is -0.960. The molecule has 20 heavy (non-hydrogen) atoms. The largest absolute Gasteiger partial charge is 0.296 e. The summed E-state index contributed by atoms with van der Waals surface area (Å²) in [4.78, 5) is 0.902. The molecule has 3 heterocycles. The van der Waals surface area contributed by atoms with Gasteiger partial charge in [-0.15, -0.1) is 32.9 Å². The summed E-state index contributed by atoms with van der Waals surface area (Å²) < 4.78 is 27.0. The Morgan fingerprint density at radius 2 is 2.15 bits per heavy atom. The van der Waals surface area contributed by atoms with E-state index in [1.165, 1.54) is 0 Å². The van der Waals surface area contributed by atoms with Crippen LogP contribution in [0.25, 0.3) is 20.1 Å². The van der Waals surface area contributed by atoms with E-state index in [9.17, 15) is 8.42 Å². The van der Waals surface area contributed by atoms with Crippen molar-refractivity contribution in [2.45, 2.75) is 25.0 Å². The average Bonchev–Trinajstić information content (AvgIpc) is 2.98. The highest BCUT2D eigenvalue weighted by atomic mass is 35.7. The fourth-order valence-electron chi connectivity index (χ4n) is 1.95. The number of halogens is 1. The summed E-state index contributed by atoms with van der Waals surface area (Å²) in [6.45, 7) is 2.47. The van der Waals surface area contributed by atoms with Crippen LogP contribution in [0.15, 0.2) is 22.7 Å². The molecule has 0 atom stereocenters. The number of fused-ring (bicyclic) bond motifs is 1. The average molecular weight is 348 g/mol. The van der Waals surface area contributed by atoms with Crippen molar-refractivity contribution in [3.05, 3.63) is 17.5 Å². The van der Waals surface area contributed by atoms with Gasteiger partial charge in [0.2, 0.25) is 0 Å². The van der Waals surface area contributed by atoms with Gasteiger partial charge in [0.25, 0.3) is 14.2 Å². The molecule has 0 saturated carbocycles. The van der Waals surface area contributed by atoms with E-state index in [2.05, 4.69) is 10.2 Å². The van der Waals surface area contributed by atoms with Gasteiger partial charge in [-0.05, 0) is 23.9 Å². The molecule has 0 saturated heterocycles. The molecular weight excluding hydrogens is 338 g/mol. The van der Waals surface area contributed by atoms with E-state index in [0.29, 0.717) is 12.4 Å². The van der Waals surface area contributed by atoms with Crippen molar-refractivity contribution in [1.82, 2.24) is 14.8 Å². The zero-order chi connectivity index (χ0) is 14.3. The monoisotopic (exact) mass is 347 g/mol. The van der Waals surface area contributed by atoms with Gasteiger partial charge in [-0.25, -0.2) is 8.42 Å². The lowest BCUT2D eigenvalue weighted by Gasteiger charge is -2.05. The molecule has 0 amide bonds. The van der Waals surface area contributed by atoms with Gasteiger partial charge in [-0.3, -0.25) is 4.57 Å².